The fourth-order valence-corrected chi connectivity index (χ4v) is 2.14. The van der Waals surface area contributed by atoms with Crippen LogP contribution in [0.25, 0.3) is 0 Å². The lowest BCUT2D eigenvalue weighted by Gasteiger charge is -2.11. The summed E-state index contributed by atoms with van der Waals surface area (Å²) in [5.74, 6) is -1.43. The predicted octanol–water partition coefficient (Wildman–Crippen LogP) is 0.647. The van der Waals surface area contributed by atoms with Crippen LogP contribution in [-0.4, -0.2) is 28.0 Å². The van der Waals surface area contributed by atoms with Crippen LogP contribution in [-0.2, 0) is 4.79 Å². The van der Waals surface area contributed by atoms with Gasteiger partial charge in [-0.25, -0.2) is 4.98 Å². The molecule has 1 aromatic rings. The van der Waals surface area contributed by atoms with Crippen molar-refractivity contribution in [2.45, 2.75) is 25.3 Å². The number of carboxylic acids is 1. The third-order valence-electron chi connectivity index (χ3n) is 3.14. The molecule has 0 aliphatic heterocycles. The highest BCUT2D eigenvalue weighted by atomic mass is 16.4. The normalized spacial score (nSPS) is 22.7. The molecule has 1 aromatic heterocycles. The van der Waals surface area contributed by atoms with Gasteiger partial charge in [0.1, 0.15) is 5.69 Å². The van der Waals surface area contributed by atoms with Gasteiger partial charge >= 0.3 is 5.97 Å². The molecule has 96 valence electrons. The first kappa shape index (κ1) is 12.3. The second-order valence-corrected chi connectivity index (χ2v) is 4.50. The Morgan fingerprint density at radius 3 is 2.72 bits per heavy atom. The maximum atomic E-state index is 11.8. The van der Waals surface area contributed by atoms with Crippen molar-refractivity contribution < 1.29 is 14.7 Å². The summed E-state index contributed by atoms with van der Waals surface area (Å²) in [5, 5.41) is 11.7. The standard InChI is InChI=1S/C12H15N3O3/c13-8-2-4-10(14-6-8)11(16)15-9-3-1-7(5-9)12(17)18/h2,4,6-7,9H,1,3,5,13H2,(H,15,16)(H,17,18)/t7-,9+/m1/s1. The molecule has 0 spiro atoms. The molecule has 1 aliphatic carbocycles. The summed E-state index contributed by atoms with van der Waals surface area (Å²) >= 11 is 0. The molecule has 2 atom stereocenters. The summed E-state index contributed by atoms with van der Waals surface area (Å²) in [7, 11) is 0. The number of aromatic nitrogens is 1. The monoisotopic (exact) mass is 249 g/mol. The zero-order valence-electron chi connectivity index (χ0n) is 9.80. The van der Waals surface area contributed by atoms with Crippen molar-refractivity contribution in [3.05, 3.63) is 24.0 Å². The number of hydrogen-bond donors (Lipinski definition) is 3. The average Bonchev–Trinajstić information content (AvgIpc) is 2.78. The maximum absolute atomic E-state index is 11.8. The number of rotatable bonds is 3. The van der Waals surface area contributed by atoms with E-state index in [1.807, 2.05) is 0 Å². The number of nitrogens with two attached hydrogens (primary N) is 1. The number of carboxylic acid groups (broad SMARTS) is 1. The first-order chi connectivity index (χ1) is 8.56. The van der Waals surface area contributed by atoms with E-state index in [-0.39, 0.29) is 17.9 Å². The van der Waals surface area contributed by atoms with E-state index in [0.29, 0.717) is 30.6 Å². The molecule has 2 rings (SSSR count). The van der Waals surface area contributed by atoms with Gasteiger partial charge < -0.3 is 16.2 Å². The highest BCUT2D eigenvalue weighted by Gasteiger charge is 2.30. The van der Waals surface area contributed by atoms with Crippen LogP contribution in [0.15, 0.2) is 18.3 Å². The number of nitrogens with one attached hydrogen (secondary N) is 1. The van der Waals surface area contributed by atoms with Crippen LogP contribution in [0.5, 0.6) is 0 Å². The molecule has 1 aliphatic rings. The molecule has 0 aromatic carbocycles. The van der Waals surface area contributed by atoms with Crippen molar-refractivity contribution in [1.82, 2.24) is 10.3 Å². The summed E-state index contributed by atoms with van der Waals surface area (Å²) in [5.41, 5.74) is 6.28. The molecule has 0 unspecified atom stereocenters. The molecule has 0 radical (unpaired) electrons. The van der Waals surface area contributed by atoms with E-state index in [0.717, 1.165) is 0 Å². The molecule has 1 heterocycles. The van der Waals surface area contributed by atoms with Crippen molar-refractivity contribution in [1.29, 1.82) is 0 Å². The van der Waals surface area contributed by atoms with Crippen molar-refractivity contribution >= 4 is 17.6 Å². The highest BCUT2D eigenvalue weighted by molar-refractivity contribution is 5.92. The molecule has 18 heavy (non-hydrogen) atoms. The van der Waals surface area contributed by atoms with Gasteiger partial charge in [0.15, 0.2) is 0 Å². The van der Waals surface area contributed by atoms with Gasteiger partial charge in [-0.2, -0.15) is 0 Å². The van der Waals surface area contributed by atoms with E-state index in [1.54, 1.807) is 12.1 Å². The third kappa shape index (κ3) is 2.77. The third-order valence-corrected chi connectivity index (χ3v) is 3.14. The Bertz CT molecular complexity index is 458. The number of nitrogen functional groups attached to an aromatic ring is 1. The minimum absolute atomic E-state index is 0.0852. The Morgan fingerprint density at radius 2 is 2.17 bits per heavy atom. The zero-order valence-corrected chi connectivity index (χ0v) is 9.80. The molecular formula is C12H15N3O3. The van der Waals surface area contributed by atoms with Crippen molar-refractivity contribution in [2.24, 2.45) is 5.92 Å². The smallest absolute Gasteiger partial charge is 0.306 e. The number of amides is 1. The van der Waals surface area contributed by atoms with E-state index >= 15 is 0 Å². The van der Waals surface area contributed by atoms with E-state index < -0.39 is 5.97 Å². The quantitative estimate of drug-likeness (QED) is 0.729. The van der Waals surface area contributed by atoms with Crippen LogP contribution in [0, 0.1) is 5.92 Å². The molecule has 0 saturated heterocycles. The van der Waals surface area contributed by atoms with Crippen molar-refractivity contribution in [3.63, 3.8) is 0 Å². The fourth-order valence-electron chi connectivity index (χ4n) is 2.14. The second kappa shape index (κ2) is 5.03. The average molecular weight is 249 g/mol. The van der Waals surface area contributed by atoms with Gasteiger partial charge in [0.2, 0.25) is 0 Å². The minimum Gasteiger partial charge on any atom is -0.481 e. The van der Waals surface area contributed by atoms with Crippen LogP contribution >= 0.6 is 0 Å². The SMILES string of the molecule is Nc1ccc(C(=O)N[C@H]2CC[C@@H](C(=O)O)C2)nc1. The maximum Gasteiger partial charge on any atom is 0.306 e. The van der Waals surface area contributed by atoms with Crippen LogP contribution in [0.1, 0.15) is 29.8 Å². The van der Waals surface area contributed by atoms with Gasteiger partial charge in [0, 0.05) is 6.04 Å². The Morgan fingerprint density at radius 1 is 1.39 bits per heavy atom. The van der Waals surface area contributed by atoms with Gasteiger partial charge in [0.25, 0.3) is 5.91 Å². The van der Waals surface area contributed by atoms with E-state index in [4.69, 9.17) is 10.8 Å². The zero-order chi connectivity index (χ0) is 13.1. The van der Waals surface area contributed by atoms with Gasteiger partial charge in [-0.05, 0) is 31.4 Å². The van der Waals surface area contributed by atoms with Crippen LogP contribution in [0.2, 0.25) is 0 Å². The molecule has 1 fully saturated rings. The Kier molecular flexibility index (Phi) is 3.45. The Labute approximate surface area is 104 Å². The lowest BCUT2D eigenvalue weighted by atomic mass is 10.1. The van der Waals surface area contributed by atoms with Gasteiger partial charge in [0.05, 0.1) is 17.8 Å². The number of carbonyl (C=O) groups excluding carboxylic acids is 1. The molecule has 6 heteroatoms. The Hall–Kier alpha value is -2.11. The predicted molar refractivity (Wildman–Crippen MR) is 64.9 cm³/mol. The summed E-state index contributed by atoms with van der Waals surface area (Å²) in [6.45, 7) is 0. The van der Waals surface area contributed by atoms with Gasteiger partial charge in [-0.15, -0.1) is 0 Å². The van der Waals surface area contributed by atoms with Crippen LogP contribution < -0.4 is 11.1 Å². The number of anilines is 1. The topological polar surface area (TPSA) is 105 Å². The first-order valence-electron chi connectivity index (χ1n) is 5.81. The number of aliphatic carboxylic acids is 1. The Balaban J connectivity index is 1.92. The van der Waals surface area contributed by atoms with E-state index in [2.05, 4.69) is 10.3 Å². The molecular weight excluding hydrogens is 234 g/mol. The summed E-state index contributed by atoms with van der Waals surface area (Å²) in [6.07, 6.45) is 3.20. The van der Waals surface area contributed by atoms with Crippen LogP contribution in [0.4, 0.5) is 5.69 Å². The number of carbonyl (C=O) groups is 2. The van der Waals surface area contributed by atoms with Gasteiger partial charge in [-0.1, -0.05) is 0 Å². The second-order valence-electron chi connectivity index (χ2n) is 4.50. The minimum atomic E-state index is -0.794. The van der Waals surface area contributed by atoms with E-state index in [1.165, 1.54) is 6.20 Å². The highest BCUT2D eigenvalue weighted by Crippen LogP contribution is 2.25. The van der Waals surface area contributed by atoms with Crippen LogP contribution in [0.3, 0.4) is 0 Å². The van der Waals surface area contributed by atoms with E-state index in [9.17, 15) is 9.59 Å². The lowest BCUT2D eigenvalue weighted by Crippen LogP contribution is -2.33. The molecule has 6 nitrogen and oxygen atoms in total. The molecule has 0 bridgehead atoms. The molecule has 1 amide bonds. The first-order valence-corrected chi connectivity index (χ1v) is 5.81. The number of pyridine rings is 1. The van der Waals surface area contributed by atoms with Crippen molar-refractivity contribution in [2.75, 3.05) is 5.73 Å². The summed E-state index contributed by atoms with van der Waals surface area (Å²) < 4.78 is 0. The summed E-state index contributed by atoms with van der Waals surface area (Å²) in [4.78, 5) is 26.5. The molecule has 4 N–H and O–H groups in total. The molecule has 1 saturated carbocycles. The number of hydrogen-bond acceptors (Lipinski definition) is 4. The van der Waals surface area contributed by atoms with Crippen molar-refractivity contribution in [3.8, 4) is 0 Å². The fraction of sp³-hybridized carbons (Fsp3) is 0.417. The summed E-state index contributed by atoms with van der Waals surface area (Å²) in [6, 6.07) is 3.07. The van der Waals surface area contributed by atoms with Gasteiger partial charge in [-0.3, -0.25) is 9.59 Å². The largest absolute Gasteiger partial charge is 0.481 e. The lowest BCUT2D eigenvalue weighted by molar-refractivity contribution is -0.141. The number of nitrogens with zero attached hydrogens (tertiary/aromatic N) is 1.